The van der Waals surface area contributed by atoms with Crippen molar-refractivity contribution in [1.82, 2.24) is 10.3 Å². The number of primary amides is 1. The Morgan fingerprint density at radius 2 is 2.27 bits per heavy atom. The highest BCUT2D eigenvalue weighted by Crippen LogP contribution is 2.03. The Bertz CT molecular complexity index is 381. The van der Waals surface area contributed by atoms with Crippen LogP contribution in [0.15, 0.2) is 18.3 Å². The maximum Gasteiger partial charge on any atom is 0.267 e. The minimum Gasteiger partial charge on any atom is -0.364 e. The Morgan fingerprint density at radius 1 is 1.53 bits per heavy atom. The molecule has 0 aromatic carbocycles. The van der Waals surface area contributed by atoms with E-state index in [1.807, 2.05) is 0 Å². The third kappa shape index (κ3) is 3.21. The van der Waals surface area contributed by atoms with Gasteiger partial charge in [0.2, 0.25) is 5.91 Å². The zero-order chi connectivity index (χ0) is 11.3. The second-order valence-electron chi connectivity index (χ2n) is 2.79. The molecule has 0 aliphatic carbocycles. The van der Waals surface area contributed by atoms with Gasteiger partial charge < -0.3 is 11.1 Å². The van der Waals surface area contributed by atoms with Gasteiger partial charge in [0.05, 0.1) is 0 Å². The van der Waals surface area contributed by atoms with E-state index in [2.05, 4.69) is 10.3 Å². The number of nitrogens with zero attached hydrogens (tertiary/aromatic N) is 1. The van der Waals surface area contributed by atoms with Crippen molar-refractivity contribution >= 4 is 23.4 Å². The summed E-state index contributed by atoms with van der Waals surface area (Å²) >= 11 is 5.30. The van der Waals surface area contributed by atoms with Crippen LogP contribution in [0.1, 0.15) is 16.1 Å². The van der Waals surface area contributed by atoms with Crippen LogP contribution < -0.4 is 11.1 Å². The Labute approximate surface area is 91.6 Å². The molecule has 1 rings (SSSR count). The Morgan fingerprint density at radius 3 is 2.87 bits per heavy atom. The summed E-state index contributed by atoms with van der Waals surface area (Å²) in [5.41, 5.74) is 5.85. The monoisotopic (exact) mass is 227 g/mol. The summed E-state index contributed by atoms with van der Waals surface area (Å²) in [6.07, 6.45) is 1.47. The molecule has 0 fully saturated rings. The third-order valence-corrected chi connectivity index (χ3v) is 1.96. The first-order valence-electron chi connectivity index (χ1n) is 4.21. The third-order valence-electron chi connectivity index (χ3n) is 1.72. The molecular weight excluding hydrogens is 218 g/mol. The molecule has 0 spiro atoms. The fourth-order valence-corrected chi connectivity index (χ4v) is 1.14. The van der Waals surface area contributed by atoms with Crippen LogP contribution in [0.4, 0.5) is 0 Å². The summed E-state index contributed by atoms with van der Waals surface area (Å²) in [6, 6.07) is 3.33. The summed E-state index contributed by atoms with van der Waals surface area (Å²) in [5, 5.41) is 2.53. The summed E-state index contributed by atoms with van der Waals surface area (Å²) in [4.78, 5) is 25.7. The number of nitrogens with one attached hydrogen (secondary N) is 1. The Kier molecular flexibility index (Phi) is 4.05. The number of hydrogen-bond acceptors (Lipinski definition) is 3. The summed E-state index contributed by atoms with van der Waals surface area (Å²) in [7, 11) is 0. The van der Waals surface area contributed by atoms with Crippen LogP contribution in [0.5, 0.6) is 0 Å². The predicted molar refractivity (Wildman–Crippen MR) is 55.3 cm³/mol. The molecule has 1 heterocycles. The summed E-state index contributed by atoms with van der Waals surface area (Å²) in [6.45, 7) is 0.192. The van der Waals surface area contributed by atoms with Gasteiger partial charge in [-0.3, -0.25) is 14.6 Å². The number of aromatic nitrogens is 1. The number of nitrogens with two attached hydrogens (primary N) is 1. The maximum absolute atomic E-state index is 11.0. The molecule has 80 valence electrons. The molecule has 1 aromatic rings. The molecule has 2 amide bonds. The van der Waals surface area contributed by atoms with E-state index < -0.39 is 5.91 Å². The molecule has 0 unspecified atom stereocenters. The number of carbonyl (C=O) groups is 2. The van der Waals surface area contributed by atoms with Crippen LogP contribution in [0.2, 0.25) is 0 Å². The van der Waals surface area contributed by atoms with Gasteiger partial charge in [0.15, 0.2) is 0 Å². The van der Waals surface area contributed by atoms with Gasteiger partial charge >= 0.3 is 0 Å². The SMILES string of the molecule is NC(=O)c1ncccc1CNC(=O)CCl. The quantitative estimate of drug-likeness (QED) is 0.712. The first kappa shape index (κ1) is 11.5. The molecule has 0 atom stereocenters. The van der Waals surface area contributed by atoms with E-state index in [0.717, 1.165) is 0 Å². The smallest absolute Gasteiger partial charge is 0.267 e. The van der Waals surface area contributed by atoms with Crippen LogP contribution in [0, 0.1) is 0 Å². The van der Waals surface area contributed by atoms with Crippen LogP contribution in [-0.2, 0) is 11.3 Å². The van der Waals surface area contributed by atoms with Crippen molar-refractivity contribution in [3.63, 3.8) is 0 Å². The minimum absolute atomic E-state index is 0.119. The van der Waals surface area contributed by atoms with E-state index in [9.17, 15) is 9.59 Å². The van der Waals surface area contributed by atoms with Crippen LogP contribution in [0.25, 0.3) is 0 Å². The first-order chi connectivity index (χ1) is 7.15. The van der Waals surface area contributed by atoms with E-state index in [-0.39, 0.29) is 24.0 Å². The lowest BCUT2D eigenvalue weighted by Crippen LogP contribution is -2.26. The second-order valence-corrected chi connectivity index (χ2v) is 3.05. The van der Waals surface area contributed by atoms with Gasteiger partial charge in [-0.15, -0.1) is 11.6 Å². The fraction of sp³-hybridized carbons (Fsp3) is 0.222. The highest BCUT2D eigenvalue weighted by Gasteiger charge is 2.09. The van der Waals surface area contributed by atoms with Crippen molar-refractivity contribution in [2.75, 3.05) is 5.88 Å². The van der Waals surface area contributed by atoms with Gasteiger partial charge in [0.1, 0.15) is 11.6 Å². The highest BCUT2D eigenvalue weighted by atomic mass is 35.5. The van der Waals surface area contributed by atoms with Gasteiger partial charge in [-0.2, -0.15) is 0 Å². The van der Waals surface area contributed by atoms with Crippen LogP contribution in [0.3, 0.4) is 0 Å². The molecule has 15 heavy (non-hydrogen) atoms. The summed E-state index contributed by atoms with van der Waals surface area (Å²) in [5.74, 6) is -1.05. The minimum atomic E-state index is -0.620. The number of alkyl halides is 1. The van der Waals surface area contributed by atoms with Crippen molar-refractivity contribution < 1.29 is 9.59 Å². The van der Waals surface area contributed by atoms with Crippen molar-refractivity contribution in [1.29, 1.82) is 0 Å². The van der Waals surface area contributed by atoms with Gasteiger partial charge in [-0.05, 0) is 6.07 Å². The number of pyridine rings is 1. The van der Waals surface area contributed by atoms with Gasteiger partial charge in [-0.25, -0.2) is 0 Å². The molecule has 3 N–H and O–H groups in total. The average molecular weight is 228 g/mol. The molecular formula is C9H10ClN3O2. The molecule has 0 aliphatic rings. The number of halogens is 1. The van der Waals surface area contributed by atoms with Gasteiger partial charge in [0.25, 0.3) is 5.91 Å². The molecule has 1 aromatic heterocycles. The molecule has 0 aliphatic heterocycles. The molecule has 0 radical (unpaired) electrons. The second kappa shape index (κ2) is 5.31. The van der Waals surface area contributed by atoms with Crippen LogP contribution >= 0.6 is 11.6 Å². The molecule has 5 nitrogen and oxygen atoms in total. The molecule has 0 bridgehead atoms. The first-order valence-corrected chi connectivity index (χ1v) is 4.75. The average Bonchev–Trinajstić information content (AvgIpc) is 2.26. The number of carbonyl (C=O) groups excluding carboxylic acids is 2. The van der Waals surface area contributed by atoms with Crippen molar-refractivity contribution in [2.45, 2.75) is 6.54 Å². The van der Waals surface area contributed by atoms with E-state index in [4.69, 9.17) is 17.3 Å². The van der Waals surface area contributed by atoms with E-state index in [1.54, 1.807) is 12.1 Å². The maximum atomic E-state index is 11.0. The van der Waals surface area contributed by atoms with E-state index in [0.29, 0.717) is 5.56 Å². The summed E-state index contributed by atoms with van der Waals surface area (Å²) < 4.78 is 0. The Balaban J connectivity index is 2.76. The zero-order valence-electron chi connectivity index (χ0n) is 7.87. The van der Waals surface area contributed by atoms with Crippen molar-refractivity contribution in [3.8, 4) is 0 Å². The van der Waals surface area contributed by atoms with Crippen molar-refractivity contribution in [3.05, 3.63) is 29.6 Å². The zero-order valence-corrected chi connectivity index (χ0v) is 8.62. The lowest BCUT2D eigenvalue weighted by Gasteiger charge is -2.05. The molecule has 6 heteroatoms. The van der Waals surface area contributed by atoms with Crippen LogP contribution in [-0.4, -0.2) is 22.7 Å². The van der Waals surface area contributed by atoms with E-state index >= 15 is 0 Å². The Hall–Kier alpha value is -1.62. The molecule has 0 saturated heterocycles. The van der Waals surface area contributed by atoms with Crippen molar-refractivity contribution in [2.24, 2.45) is 5.73 Å². The number of amides is 2. The number of hydrogen-bond donors (Lipinski definition) is 2. The van der Waals surface area contributed by atoms with Gasteiger partial charge in [0, 0.05) is 18.3 Å². The van der Waals surface area contributed by atoms with Gasteiger partial charge in [-0.1, -0.05) is 6.07 Å². The topological polar surface area (TPSA) is 85.1 Å². The lowest BCUT2D eigenvalue weighted by molar-refractivity contribution is -0.118. The highest BCUT2D eigenvalue weighted by molar-refractivity contribution is 6.27. The fourth-order valence-electron chi connectivity index (χ4n) is 1.04. The lowest BCUT2D eigenvalue weighted by atomic mass is 10.2. The molecule has 0 saturated carbocycles. The largest absolute Gasteiger partial charge is 0.364 e. The number of rotatable bonds is 4. The predicted octanol–water partition coefficient (Wildman–Crippen LogP) is 0.0355. The standard InChI is InChI=1S/C9H10ClN3O2/c10-4-7(14)13-5-6-2-1-3-12-8(6)9(11)15/h1-3H,4-5H2,(H2,11,15)(H,13,14). The van der Waals surface area contributed by atoms with E-state index in [1.165, 1.54) is 6.20 Å². The normalized spacial score (nSPS) is 9.67.